The lowest BCUT2D eigenvalue weighted by Gasteiger charge is -2.47. The zero-order chi connectivity index (χ0) is 55.1. The molecule has 8 aromatic rings. The predicted molar refractivity (Wildman–Crippen MR) is 303 cm³/mol. The van der Waals surface area contributed by atoms with Gasteiger partial charge in [-0.15, -0.1) is 11.3 Å². The van der Waals surface area contributed by atoms with Gasteiger partial charge in [-0.3, -0.25) is 14.8 Å². The molecular weight excluding hydrogens is 1110 g/mol. The minimum Gasteiger partial charge on any atom is -0.326 e. The Morgan fingerprint density at radius 2 is 1.27 bits per heavy atom. The molecule has 6 aromatic heterocycles. The maximum atomic E-state index is 13.6. The van der Waals surface area contributed by atoms with Crippen molar-refractivity contribution in [2.75, 3.05) is 44.6 Å². The molecule has 12 rings (SSSR count). The van der Waals surface area contributed by atoms with Gasteiger partial charge in [0.2, 0.25) is 0 Å². The molecule has 416 valence electrons. The first-order valence-electron chi connectivity index (χ1n) is 26.4. The van der Waals surface area contributed by atoms with Gasteiger partial charge >= 0.3 is 0 Å². The van der Waals surface area contributed by atoms with Gasteiger partial charge in [-0.2, -0.15) is 4.31 Å². The van der Waals surface area contributed by atoms with Crippen molar-refractivity contribution in [3.05, 3.63) is 180 Å². The van der Waals surface area contributed by atoms with Crippen molar-refractivity contribution in [3.8, 4) is 0 Å². The van der Waals surface area contributed by atoms with Crippen molar-refractivity contribution in [2.24, 2.45) is 0 Å². The van der Waals surface area contributed by atoms with Gasteiger partial charge in [0.15, 0.2) is 13.5 Å². The number of thiazole rings is 2. The summed E-state index contributed by atoms with van der Waals surface area (Å²) in [6.07, 6.45) is 21.0. The van der Waals surface area contributed by atoms with E-state index in [1.165, 1.54) is 73.0 Å². The minimum absolute atomic E-state index is 0.00703. The molecule has 17 nitrogen and oxygen atoms in total. The monoisotopic (exact) mass is 1170 g/mol. The van der Waals surface area contributed by atoms with E-state index in [1.54, 1.807) is 28.8 Å². The first-order valence-corrected chi connectivity index (χ1v) is 31.8. The van der Waals surface area contributed by atoms with Crippen molar-refractivity contribution in [2.45, 2.75) is 103 Å². The number of imidazole rings is 2. The number of halogens is 3. The minimum atomic E-state index is -3.71. The van der Waals surface area contributed by atoms with Gasteiger partial charge in [-0.05, 0) is 112 Å². The van der Waals surface area contributed by atoms with Crippen LogP contribution in [-0.4, -0.2) is 121 Å². The lowest BCUT2D eigenvalue weighted by atomic mass is 9.92. The van der Waals surface area contributed by atoms with Crippen LogP contribution in [-0.2, 0) is 25.5 Å². The highest BCUT2D eigenvalue weighted by atomic mass is 35.7. The molecule has 2 aromatic carbocycles. The van der Waals surface area contributed by atoms with Gasteiger partial charge in [0.25, 0.3) is 19.1 Å². The Morgan fingerprint density at radius 1 is 0.671 bits per heavy atom. The van der Waals surface area contributed by atoms with Crippen LogP contribution in [0.25, 0.3) is 0 Å². The number of piperidine rings is 2. The van der Waals surface area contributed by atoms with Crippen LogP contribution in [0.3, 0.4) is 0 Å². The highest BCUT2D eigenvalue weighted by Gasteiger charge is 2.41. The van der Waals surface area contributed by atoms with Crippen molar-refractivity contribution >= 4 is 63.4 Å². The summed E-state index contributed by atoms with van der Waals surface area (Å²) < 4.78 is 82.2. The number of fused-ring (bicyclic) bond motifs is 2. The average molecular weight is 1170 g/mol. The Balaban J connectivity index is 0.000000149. The van der Waals surface area contributed by atoms with E-state index in [-0.39, 0.29) is 40.0 Å². The lowest BCUT2D eigenvalue weighted by molar-refractivity contribution is 0.0321. The molecule has 4 saturated heterocycles. The van der Waals surface area contributed by atoms with E-state index >= 15 is 0 Å². The SMILES string of the molecule is C[C@H](c1ccc(F)cc1)n1cncc1C1CCCC2CN(S(=O)(=O)c3cnc(Cc4ccccn4)s3)CCN21.C[C@H](c1ccc(F)cc1)n1cncc1C1CCCC2CNCCN21.O=S(=O)(Cl)c1cnc(Nc2ccccn2)s1. The lowest BCUT2D eigenvalue weighted by Crippen LogP contribution is -2.57. The summed E-state index contributed by atoms with van der Waals surface area (Å²) in [6.45, 7) is 9.08. The zero-order valence-electron chi connectivity index (χ0n) is 43.7. The Labute approximate surface area is 472 Å². The summed E-state index contributed by atoms with van der Waals surface area (Å²) in [5.41, 5.74) is 5.41. The van der Waals surface area contributed by atoms with E-state index in [9.17, 15) is 25.6 Å². The second-order valence-electron chi connectivity index (χ2n) is 20.0. The summed E-state index contributed by atoms with van der Waals surface area (Å²) in [5.74, 6) is 0.158. The van der Waals surface area contributed by atoms with Crippen LogP contribution in [0, 0.1) is 11.6 Å². The van der Waals surface area contributed by atoms with Gasteiger partial charge in [-0.25, -0.2) is 50.5 Å². The van der Waals surface area contributed by atoms with Crippen LogP contribution < -0.4 is 10.6 Å². The smallest absolute Gasteiger partial charge is 0.272 e. The number of sulfonamides is 1. The molecule has 0 amide bonds. The number of anilines is 2. The number of benzene rings is 2. The van der Waals surface area contributed by atoms with Crippen molar-refractivity contribution in [1.29, 1.82) is 0 Å². The molecule has 0 aliphatic carbocycles. The van der Waals surface area contributed by atoms with E-state index < -0.39 is 19.1 Å². The van der Waals surface area contributed by atoms with Gasteiger partial charge < -0.3 is 19.8 Å². The van der Waals surface area contributed by atoms with Gasteiger partial charge in [0, 0.05) is 98.9 Å². The molecule has 2 N–H and O–H groups in total. The van der Waals surface area contributed by atoms with Crippen LogP contribution in [0.4, 0.5) is 19.7 Å². The zero-order valence-corrected chi connectivity index (χ0v) is 47.7. The predicted octanol–water partition coefficient (Wildman–Crippen LogP) is 10.0. The van der Waals surface area contributed by atoms with Crippen LogP contribution in [0.2, 0.25) is 0 Å². The van der Waals surface area contributed by atoms with Crippen molar-refractivity contribution in [1.82, 2.24) is 58.5 Å². The third-order valence-electron chi connectivity index (χ3n) is 15.1. The molecule has 0 bridgehead atoms. The molecule has 0 saturated carbocycles. The molecule has 79 heavy (non-hydrogen) atoms. The second-order valence-corrected chi connectivity index (χ2v) is 27.1. The topological polar surface area (TPSA) is 189 Å². The van der Waals surface area contributed by atoms with Crippen LogP contribution in [0.15, 0.2) is 143 Å². The number of aromatic nitrogens is 8. The molecule has 4 fully saturated rings. The number of nitrogens with one attached hydrogen (secondary N) is 2. The average Bonchev–Trinajstić information content (AvgIpc) is 4.42. The maximum Gasteiger partial charge on any atom is 0.272 e. The van der Waals surface area contributed by atoms with Crippen molar-refractivity contribution in [3.63, 3.8) is 0 Å². The molecule has 0 spiro atoms. The summed E-state index contributed by atoms with van der Waals surface area (Å²) in [7, 11) is -2.15. The Hall–Kier alpha value is -5.89. The highest BCUT2D eigenvalue weighted by molar-refractivity contribution is 8.15. The summed E-state index contributed by atoms with van der Waals surface area (Å²) in [5, 5.41) is 7.56. The fourth-order valence-electron chi connectivity index (χ4n) is 11.1. The molecule has 24 heteroatoms. The van der Waals surface area contributed by atoms with E-state index in [0.717, 1.165) is 77.8 Å². The normalized spacial score (nSPS) is 20.8. The highest BCUT2D eigenvalue weighted by Crippen LogP contribution is 2.40. The number of nitrogens with zero attached hydrogens (tertiary/aromatic N) is 11. The summed E-state index contributed by atoms with van der Waals surface area (Å²) in [4.78, 5) is 30.6. The molecule has 4 aliphatic rings. The van der Waals surface area contributed by atoms with Gasteiger partial charge in [0.1, 0.15) is 17.5 Å². The Morgan fingerprint density at radius 3 is 1.85 bits per heavy atom. The van der Waals surface area contributed by atoms with E-state index in [1.807, 2.05) is 73.6 Å². The van der Waals surface area contributed by atoms with E-state index in [0.29, 0.717) is 53.3 Å². The molecular formula is C55H62ClF2N13O4S4. The first-order chi connectivity index (χ1) is 38.2. The van der Waals surface area contributed by atoms with Crippen LogP contribution in [0.5, 0.6) is 0 Å². The third-order valence-corrected chi connectivity index (χ3v) is 21.4. The summed E-state index contributed by atoms with van der Waals surface area (Å²) in [6, 6.07) is 26.0. The largest absolute Gasteiger partial charge is 0.326 e. The van der Waals surface area contributed by atoms with Crippen LogP contribution in [0.1, 0.15) is 110 Å². The Bertz CT molecular complexity index is 3480. The quantitative estimate of drug-likeness (QED) is 0.104. The van der Waals surface area contributed by atoms with Crippen LogP contribution >= 0.6 is 33.4 Å². The van der Waals surface area contributed by atoms with E-state index in [2.05, 4.69) is 73.3 Å². The number of hydrogen-bond donors (Lipinski definition) is 2. The summed E-state index contributed by atoms with van der Waals surface area (Å²) >= 11 is 2.18. The van der Waals surface area contributed by atoms with Crippen molar-refractivity contribution < 1.29 is 25.6 Å². The second kappa shape index (κ2) is 25.3. The first kappa shape index (κ1) is 56.4. The molecule has 0 radical (unpaired) electrons. The standard InChI is InChI=1S/C28H31FN6O2S2.C19H25FN4.C8H6ClN3O2S2/c1-20(21-8-10-22(29)11-9-21)35-19-30-16-26(35)25-7-4-6-24-18-33(13-14-34(24)25)39(36,37)28-17-32-27(38-28)15-23-5-2-3-12-31-23;1-14(15-5-7-16(20)8-6-15)24-13-22-12-19(24)18-4-2-3-17-11-21-9-10-23(17)18;9-16(13,14)7-5-11-8(15-7)12-6-3-1-2-4-10-6/h2-3,5,8-12,16-17,19-20,24-25H,4,6-7,13-15,18H2,1H3;5-8,12-14,17-18,21H,2-4,9-11H2,1H3;1-5H,(H,10,11,12)/t20-,24?,25?;14-,17?,18?;/m11./s1. The fourth-order valence-corrected chi connectivity index (χ4v) is 15.7. The molecule has 4 unspecified atom stereocenters. The number of piperazine rings is 2. The van der Waals surface area contributed by atoms with E-state index in [4.69, 9.17) is 10.7 Å². The number of rotatable bonds is 13. The van der Waals surface area contributed by atoms with Gasteiger partial charge in [-0.1, -0.05) is 47.7 Å². The van der Waals surface area contributed by atoms with Gasteiger partial charge in [0.05, 0.1) is 65.6 Å². The maximum absolute atomic E-state index is 13.6. The number of pyridine rings is 2. The Kier molecular flexibility index (Phi) is 18.0. The third kappa shape index (κ3) is 13.5. The number of hydrogen-bond acceptors (Lipinski definition) is 16. The molecule has 6 atom stereocenters. The fraction of sp³-hybridized carbons (Fsp3) is 0.382. The molecule has 4 aliphatic heterocycles. The molecule has 10 heterocycles.